The highest BCUT2D eigenvalue weighted by atomic mass is 19.1. The number of piperidine rings is 1. The lowest BCUT2D eigenvalue weighted by Gasteiger charge is -2.39. The predicted molar refractivity (Wildman–Crippen MR) is 205 cm³/mol. The maximum absolute atomic E-state index is 14.5. The van der Waals surface area contributed by atoms with Crippen molar-refractivity contribution in [2.75, 3.05) is 31.6 Å². The molecule has 0 aliphatic carbocycles. The number of ether oxygens (including phenoxy) is 1. The molecule has 6 atom stereocenters. The van der Waals surface area contributed by atoms with Crippen LogP contribution < -0.4 is 21.3 Å². The SMILES string of the molecule is C=C1NC(=O)[C@@H]2CCCCN2C(=O)[C@@H]2CCCN2C(=O)[C@@H](NC(=O)[C@H](Cc2cc(F)cc(F)c2)NC(=O)Nc2ccc(C)c(C)c2)COC(=O)[C@@H]2C[C@H](C)CN2C1=O. The Balaban J connectivity index is 1.31. The van der Waals surface area contributed by atoms with E-state index in [0.29, 0.717) is 37.4 Å². The summed E-state index contributed by atoms with van der Waals surface area (Å²) in [5.74, 6) is -6.36. The lowest BCUT2D eigenvalue weighted by molar-refractivity contribution is -0.157. The summed E-state index contributed by atoms with van der Waals surface area (Å²) in [4.78, 5) is 101. The van der Waals surface area contributed by atoms with Crippen LogP contribution in [0.5, 0.6) is 0 Å². The first-order chi connectivity index (χ1) is 27.6. The van der Waals surface area contributed by atoms with Crippen molar-refractivity contribution in [1.29, 1.82) is 0 Å². The zero-order valence-corrected chi connectivity index (χ0v) is 32.8. The number of urea groups is 1. The van der Waals surface area contributed by atoms with Gasteiger partial charge in [0.05, 0.1) is 5.70 Å². The van der Waals surface area contributed by atoms with Gasteiger partial charge in [-0.3, -0.25) is 24.0 Å². The summed E-state index contributed by atoms with van der Waals surface area (Å²) in [5.41, 5.74) is 2.03. The van der Waals surface area contributed by atoms with Gasteiger partial charge in [0.15, 0.2) is 0 Å². The summed E-state index contributed by atoms with van der Waals surface area (Å²) in [5, 5.41) is 10.3. The highest BCUT2D eigenvalue weighted by Gasteiger charge is 2.45. The average Bonchev–Trinajstić information content (AvgIpc) is 3.83. The van der Waals surface area contributed by atoms with Gasteiger partial charge in [0.25, 0.3) is 5.91 Å². The number of nitrogens with zero attached hydrogens (tertiary/aromatic N) is 3. The summed E-state index contributed by atoms with van der Waals surface area (Å²) >= 11 is 0. The Morgan fingerprint density at radius 2 is 1.57 bits per heavy atom. The second-order valence-corrected chi connectivity index (χ2v) is 15.6. The number of amides is 7. The minimum Gasteiger partial charge on any atom is -0.461 e. The Bertz CT molecular complexity index is 1990. The van der Waals surface area contributed by atoms with E-state index in [1.54, 1.807) is 18.2 Å². The third-order valence-corrected chi connectivity index (χ3v) is 11.2. The van der Waals surface area contributed by atoms with E-state index in [9.17, 15) is 42.3 Å². The van der Waals surface area contributed by atoms with E-state index in [4.69, 9.17) is 4.74 Å². The van der Waals surface area contributed by atoms with Crippen LogP contribution in [-0.2, 0) is 39.9 Å². The largest absolute Gasteiger partial charge is 0.461 e. The fraction of sp³-hybridized carbons (Fsp3) is 0.488. The zero-order valence-electron chi connectivity index (χ0n) is 32.8. The highest BCUT2D eigenvalue weighted by Crippen LogP contribution is 2.28. The normalized spacial score (nSPS) is 25.0. The third-order valence-electron chi connectivity index (χ3n) is 11.2. The zero-order chi connectivity index (χ0) is 41.8. The summed E-state index contributed by atoms with van der Waals surface area (Å²) in [6.07, 6.45) is 2.04. The molecule has 4 saturated heterocycles. The Kier molecular flexibility index (Phi) is 12.8. The fourth-order valence-electron chi connectivity index (χ4n) is 8.13. The van der Waals surface area contributed by atoms with Crippen molar-refractivity contribution in [3.05, 3.63) is 77.0 Å². The van der Waals surface area contributed by atoms with E-state index in [1.807, 2.05) is 20.8 Å². The molecular formula is C41H49F2N7O8. The van der Waals surface area contributed by atoms with Crippen LogP contribution in [0.15, 0.2) is 48.7 Å². The van der Waals surface area contributed by atoms with Crippen LogP contribution in [0.4, 0.5) is 19.3 Å². The number of carbonyl (C=O) groups is 7. The monoisotopic (exact) mass is 805 g/mol. The van der Waals surface area contributed by atoms with Gasteiger partial charge in [-0.1, -0.05) is 19.6 Å². The van der Waals surface area contributed by atoms with Crippen LogP contribution in [0.1, 0.15) is 62.1 Å². The molecule has 4 fully saturated rings. The van der Waals surface area contributed by atoms with Crippen molar-refractivity contribution in [1.82, 2.24) is 30.7 Å². The van der Waals surface area contributed by atoms with E-state index in [1.165, 1.54) is 14.7 Å². The summed E-state index contributed by atoms with van der Waals surface area (Å²) in [7, 11) is 0. The number of anilines is 1. The van der Waals surface area contributed by atoms with Gasteiger partial charge < -0.3 is 40.7 Å². The molecular weight excluding hydrogens is 756 g/mol. The van der Waals surface area contributed by atoms with Crippen molar-refractivity contribution in [2.45, 2.75) is 95.9 Å². The molecule has 15 nitrogen and oxygen atoms in total. The van der Waals surface area contributed by atoms with Crippen LogP contribution in [-0.4, -0.2) is 113 Å². The number of esters is 1. The fourth-order valence-corrected chi connectivity index (χ4v) is 8.13. The highest BCUT2D eigenvalue weighted by molar-refractivity contribution is 6.02. The second kappa shape index (κ2) is 17.7. The number of cyclic esters (lactones) is 1. The first-order valence-corrected chi connectivity index (χ1v) is 19.6. The van der Waals surface area contributed by atoms with Crippen LogP contribution >= 0.6 is 0 Å². The number of benzene rings is 2. The topological polar surface area (TPSA) is 187 Å². The molecule has 2 aromatic rings. The maximum atomic E-state index is 14.5. The first kappa shape index (κ1) is 41.8. The van der Waals surface area contributed by atoms with E-state index in [2.05, 4.69) is 27.8 Å². The quantitative estimate of drug-likeness (QED) is 0.254. The lowest BCUT2D eigenvalue weighted by Crippen LogP contribution is -2.61. The standard InChI is InChI=1S/C41H49F2N7O8/c1-22-14-34-40(56)58-21-31(46-35(51)30(18-26-16-27(42)19-28(43)17-26)47-41(57)45-29-11-10-23(2)24(3)15-29)38(54)49-13-7-9-33(49)39(55)48-12-6-5-8-32(48)36(52)44-25(4)37(53)50(34)20-22/h10-11,15-17,19,22,30-34H,4-9,12-14,18,20-21H2,1-3H3,(H,44,52)(H,46,51)(H2,45,47,57)/t22-,30-,31-,32-,33-,34-/m0/s1. The van der Waals surface area contributed by atoms with Gasteiger partial charge in [-0.05, 0) is 99.2 Å². The molecule has 0 radical (unpaired) electrons. The molecule has 0 bridgehead atoms. The predicted octanol–water partition coefficient (Wildman–Crippen LogP) is 2.60. The molecule has 4 aliphatic heterocycles. The molecule has 4 heterocycles. The van der Waals surface area contributed by atoms with Crippen molar-refractivity contribution in [3.8, 4) is 0 Å². The van der Waals surface area contributed by atoms with E-state index < -0.39 is 96.4 Å². The number of nitrogens with one attached hydrogen (secondary N) is 4. The molecule has 4 aliphatic rings. The number of aryl methyl sites for hydroxylation is 2. The number of halogens is 2. The molecule has 6 rings (SSSR count). The van der Waals surface area contributed by atoms with Gasteiger partial charge in [0.1, 0.15) is 48.5 Å². The van der Waals surface area contributed by atoms with E-state index >= 15 is 0 Å². The van der Waals surface area contributed by atoms with Crippen LogP contribution in [0, 0.1) is 31.4 Å². The third kappa shape index (κ3) is 9.45. The van der Waals surface area contributed by atoms with Gasteiger partial charge in [-0.2, -0.15) is 0 Å². The molecule has 0 saturated carbocycles. The average molecular weight is 806 g/mol. The Labute approximate surface area is 334 Å². The minimum absolute atomic E-state index is 0.0203. The number of hydrogen-bond acceptors (Lipinski definition) is 8. The van der Waals surface area contributed by atoms with Crippen molar-refractivity contribution in [2.24, 2.45) is 5.92 Å². The summed E-state index contributed by atoms with van der Waals surface area (Å²) in [6, 6.07) is 0.822. The van der Waals surface area contributed by atoms with Crippen LogP contribution in [0.2, 0.25) is 0 Å². The number of fused-ring (bicyclic) bond motifs is 3. The van der Waals surface area contributed by atoms with Gasteiger partial charge >= 0.3 is 12.0 Å². The van der Waals surface area contributed by atoms with Crippen molar-refractivity contribution < 1.29 is 47.1 Å². The summed E-state index contributed by atoms with van der Waals surface area (Å²) < 4.78 is 34.3. The maximum Gasteiger partial charge on any atom is 0.328 e. The molecule has 0 unspecified atom stereocenters. The molecule has 0 aromatic heterocycles. The number of carbonyl (C=O) groups excluding carboxylic acids is 7. The Morgan fingerprint density at radius 3 is 2.29 bits per heavy atom. The lowest BCUT2D eigenvalue weighted by atomic mass is 9.99. The van der Waals surface area contributed by atoms with Crippen LogP contribution in [0.25, 0.3) is 0 Å². The van der Waals surface area contributed by atoms with Crippen molar-refractivity contribution in [3.63, 3.8) is 0 Å². The molecule has 310 valence electrons. The van der Waals surface area contributed by atoms with Crippen molar-refractivity contribution >= 4 is 47.2 Å². The molecule has 0 spiro atoms. The molecule has 4 N–H and O–H groups in total. The van der Waals surface area contributed by atoms with Gasteiger partial charge in [0.2, 0.25) is 23.6 Å². The minimum atomic E-state index is -1.60. The van der Waals surface area contributed by atoms with Gasteiger partial charge in [-0.25, -0.2) is 18.4 Å². The molecule has 7 amide bonds. The second-order valence-electron chi connectivity index (χ2n) is 15.6. The first-order valence-electron chi connectivity index (χ1n) is 19.6. The van der Waals surface area contributed by atoms with Gasteiger partial charge in [-0.15, -0.1) is 0 Å². The van der Waals surface area contributed by atoms with Gasteiger partial charge in [0, 0.05) is 37.8 Å². The number of hydrogen-bond donors (Lipinski definition) is 4. The van der Waals surface area contributed by atoms with Crippen LogP contribution in [0.3, 0.4) is 0 Å². The molecule has 2 aromatic carbocycles. The smallest absolute Gasteiger partial charge is 0.328 e. The molecule has 58 heavy (non-hydrogen) atoms. The van der Waals surface area contributed by atoms with E-state index in [-0.39, 0.29) is 49.7 Å². The Hall–Kier alpha value is -5.87. The Morgan fingerprint density at radius 1 is 0.879 bits per heavy atom. The summed E-state index contributed by atoms with van der Waals surface area (Å²) in [6.45, 7) is 9.14. The number of rotatable bonds is 6. The molecule has 17 heteroatoms. The van der Waals surface area contributed by atoms with E-state index in [0.717, 1.165) is 23.3 Å².